The van der Waals surface area contributed by atoms with Gasteiger partial charge in [-0.05, 0) is 34.6 Å². The lowest BCUT2D eigenvalue weighted by Crippen LogP contribution is -2.46. The first-order valence-corrected chi connectivity index (χ1v) is 7.18. The van der Waals surface area contributed by atoms with E-state index in [1.54, 1.807) is 0 Å². The summed E-state index contributed by atoms with van der Waals surface area (Å²) < 4.78 is 0. The van der Waals surface area contributed by atoms with Gasteiger partial charge in [-0.2, -0.15) is 0 Å². The zero-order valence-corrected chi connectivity index (χ0v) is 16.2. The second-order valence-corrected chi connectivity index (χ2v) is 5.93. The van der Waals surface area contributed by atoms with Crippen LogP contribution in [0.3, 0.4) is 0 Å². The fourth-order valence-electron chi connectivity index (χ4n) is 0.106. The van der Waals surface area contributed by atoms with E-state index in [-0.39, 0.29) is 16.7 Å². The van der Waals surface area contributed by atoms with Crippen LogP contribution in [0.15, 0.2) is 36.5 Å². The molecule has 0 bridgehead atoms. The lowest BCUT2D eigenvalue weighted by atomic mass is 9.92. The van der Waals surface area contributed by atoms with Crippen molar-refractivity contribution in [1.29, 1.82) is 0 Å². The summed E-state index contributed by atoms with van der Waals surface area (Å²) in [5.74, 6) is -5.61. The highest BCUT2D eigenvalue weighted by Gasteiger charge is 2.39. The molecule has 0 atom stereocenters. The van der Waals surface area contributed by atoms with Gasteiger partial charge < -0.3 is 35.7 Å². The van der Waals surface area contributed by atoms with Crippen LogP contribution in [0.4, 0.5) is 0 Å². The van der Waals surface area contributed by atoms with Gasteiger partial charge >= 0.3 is 17.9 Å². The number of aliphatic hydroxyl groups excluding tert-OH is 1. The number of hydrogen-bond donors (Lipinski definition) is 7. The number of hydrogen-bond acceptors (Lipinski definition) is 7. The van der Waals surface area contributed by atoms with Crippen LogP contribution < -0.4 is 0 Å². The highest BCUT2D eigenvalue weighted by atomic mass is 16.7. The molecule has 0 radical (unpaired) electrons. The van der Waals surface area contributed by atoms with E-state index in [9.17, 15) is 14.4 Å². The summed E-state index contributed by atoms with van der Waals surface area (Å²) in [6.07, 6.45) is 0. The molecule has 0 saturated carbocycles. The molecule has 0 amide bonds. The average molecular weight is 394 g/mol. The normalized spacial score (nSPS) is 9.67. The number of carboxylic acids is 3. The second kappa shape index (κ2) is 14.6. The van der Waals surface area contributed by atoms with Crippen molar-refractivity contribution in [2.45, 2.75) is 40.6 Å². The molecule has 0 aromatic carbocycles. The highest BCUT2D eigenvalue weighted by Crippen LogP contribution is 2.24. The van der Waals surface area contributed by atoms with Crippen molar-refractivity contribution in [3.05, 3.63) is 36.5 Å². The molecular weight excluding hydrogens is 364 g/mol. The van der Waals surface area contributed by atoms with Gasteiger partial charge in [0.25, 0.3) is 5.97 Å². The van der Waals surface area contributed by atoms with E-state index in [0.29, 0.717) is 0 Å². The molecule has 10 heteroatoms. The van der Waals surface area contributed by atoms with Crippen LogP contribution in [0.5, 0.6) is 0 Å². The molecule has 0 fully saturated rings. The van der Waals surface area contributed by atoms with Crippen molar-refractivity contribution in [3.63, 3.8) is 0 Å². The molecule has 0 heterocycles. The fraction of sp³-hybridized carbons (Fsp3) is 0.471. The molecule has 0 aliphatic heterocycles. The standard InChI is InChI=1S/C5H12O4.3C4H6O2/c1-4(2,3-6)5(7,8)9;3*1-3(2)4(5)6/h6-9H,3H2,1-2H3;3*1H2,2H3,(H,5,6). The van der Waals surface area contributed by atoms with Crippen LogP contribution in [0, 0.1) is 5.41 Å². The third kappa shape index (κ3) is 23.5. The minimum absolute atomic E-state index is 0.176. The summed E-state index contributed by atoms with van der Waals surface area (Å²) in [5.41, 5.74) is -0.771. The molecule has 10 nitrogen and oxygen atoms in total. The average Bonchev–Trinajstić information content (AvgIpc) is 2.47. The van der Waals surface area contributed by atoms with E-state index in [2.05, 4.69) is 19.7 Å². The maximum atomic E-state index is 9.60. The number of aliphatic hydroxyl groups is 4. The SMILES string of the molecule is C=C(C)C(=O)O.C=C(C)C(=O)O.C=C(C)C(=O)O.CC(C)(CO)C(O)(O)O. The molecule has 0 rings (SSSR count). The van der Waals surface area contributed by atoms with Gasteiger partial charge in [0.15, 0.2) is 0 Å². The Bertz CT molecular complexity index is 445. The zero-order chi connectivity index (χ0) is 23.2. The highest BCUT2D eigenvalue weighted by molar-refractivity contribution is 5.85. The van der Waals surface area contributed by atoms with Crippen molar-refractivity contribution in [1.82, 2.24) is 0 Å². The number of aliphatic carboxylic acids is 3. The van der Waals surface area contributed by atoms with Crippen molar-refractivity contribution in [3.8, 4) is 0 Å². The van der Waals surface area contributed by atoms with Gasteiger partial charge in [-0.1, -0.05) is 19.7 Å². The molecule has 0 aliphatic rings. The van der Waals surface area contributed by atoms with Crippen LogP contribution in [-0.2, 0) is 14.4 Å². The molecule has 158 valence electrons. The van der Waals surface area contributed by atoms with Gasteiger partial charge in [-0.15, -0.1) is 0 Å². The lowest BCUT2D eigenvalue weighted by Gasteiger charge is -2.30. The largest absolute Gasteiger partial charge is 0.478 e. The number of carbonyl (C=O) groups is 3. The molecule has 7 N–H and O–H groups in total. The second-order valence-electron chi connectivity index (χ2n) is 5.93. The van der Waals surface area contributed by atoms with Crippen molar-refractivity contribution >= 4 is 17.9 Å². The Labute approximate surface area is 158 Å². The molecular formula is C17H30O10. The molecule has 0 saturated heterocycles. The Morgan fingerprint density at radius 3 is 0.852 bits per heavy atom. The predicted molar refractivity (Wildman–Crippen MR) is 97.6 cm³/mol. The Kier molecular flexibility index (Phi) is 17.4. The van der Waals surface area contributed by atoms with Gasteiger partial charge in [0, 0.05) is 16.7 Å². The summed E-state index contributed by atoms with van der Waals surface area (Å²) in [6.45, 7) is 16.0. The summed E-state index contributed by atoms with van der Waals surface area (Å²) >= 11 is 0. The van der Waals surface area contributed by atoms with Crippen molar-refractivity contribution in [2.75, 3.05) is 6.61 Å². The summed E-state index contributed by atoms with van der Waals surface area (Å²) in [4.78, 5) is 28.8. The van der Waals surface area contributed by atoms with Crippen LogP contribution >= 0.6 is 0 Å². The maximum absolute atomic E-state index is 9.60. The van der Waals surface area contributed by atoms with E-state index >= 15 is 0 Å². The van der Waals surface area contributed by atoms with Crippen LogP contribution in [0.1, 0.15) is 34.6 Å². The van der Waals surface area contributed by atoms with E-state index < -0.39 is 35.9 Å². The molecule has 0 aromatic rings. The third-order valence-corrected chi connectivity index (χ3v) is 2.40. The van der Waals surface area contributed by atoms with Gasteiger partial charge in [0.05, 0.1) is 12.0 Å². The molecule has 0 aliphatic carbocycles. The summed E-state index contributed by atoms with van der Waals surface area (Å²) in [5, 5.41) is 57.6. The van der Waals surface area contributed by atoms with Crippen LogP contribution in [-0.4, -0.2) is 66.2 Å². The first kappa shape index (κ1) is 32.2. The Morgan fingerprint density at radius 1 is 0.704 bits per heavy atom. The predicted octanol–water partition coefficient (Wildman–Crippen LogP) is 0.577. The van der Waals surface area contributed by atoms with E-state index in [0.717, 1.165) is 0 Å². The first-order valence-electron chi connectivity index (χ1n) is 7.18. The number of rotatable bonds is 5. The summed E-state index contributed by atoms with van der Waals surface area (Å²) in [7, 11) is 0. The molecule has 27 heavy (non-hydrogen) atoms. The minimum atomic E-state index is -2.80. The van der Waals surface area contributed by atoms with E-state index in [4.69, 9.17) is 35.7 Å². The zero-order valence-electron chi connectivity index (χ0n) is 16.2. The maximum Gasteiger partial charge on any atom is 0.330 e. The fourth-order valence-corrected chi connectivity index (χ4v) is 0.106. The number of carboxylic acid groups (broad SMARTS) is 3. The lowest BCUT2D eigenvalue weighted by molar-refractivity contribution is -0.371. The van der Waals surface area contributed by atoms with Crippen LogP contribution in [0.25, 0.3) is 0 Å². The topological polar surface area (TPSA) is 193 Å². The van der Waals surface area contributed by atoms with Gasteiger partial charge in [-0.3, -0.25) is 0 Å². The summed E-state index contributed by atoms with van der Waals surface area (Å²) in [6, 6.07) is 0. The Balaban J connectivity index is -0.000000133. The Morgan fingerprint density at radius 2 is 0.852 bits per heavy atom. The smallest absolute Gasteiger partial charge is 0.330 e. The van der Waals surface area contributed by atoms with E-state index in [1.807, 2.05) is 0 Å². The molecule has 0 spiro atoms. The first-order chi connectivity index (χ1) is 11.7. The van der Waals surface area contributed by atoms with Crippen molar-refractivity contribution in [2.24, 2.45) is 5.41 Å². The van der Waals surface area contributed by atoms with Crippen molar-refractivity contribution < 1.29 is 50.1 Å². The third-order valence-electron chi connectivity index (χ3n) is 2.40. The molecule has 0 aromatic heterocycles. The van der Waals surface area contributed by atoms with Gasteiger partial charge in [-0.25, -0.2) is 14.4 Å². The van der Waals surface area contributed by atoms with Gasteiger partial charge in [0.2, 0.25) is 0 Å². The minimum Gasteiger partial charge on any atom is -0.478 e. The molecule has 0 unspecified atom stereocenters. The quantitative estimate of drug-likeness (QED) is 0.256. The Hall–Kier alpha value is -2.53. The van der Waals surface area contributed by atoms with E-state index in [1.165, 1.54) is 34.6 Å². The van der Waals surface area contributed by atoms with Crippen LogP contribution in [0.2, 0.25) is 0 Å². The van der Waals surface area contributed by atoms with Gasteiger partial charge in [0.1, 0.15) is 0 Å². The monoisotopic (exact) mass is 394 g/mol.